The Morgan fingerprint density at radius 2 is 1.76 bits per heavy atom. The Morgan fingerprint density at radius 3 is 2.24 bits per heavy atom. The minimum absolute atomic E-state index is 0.260. The van der Waals surface area contributed by atoms with Gasteiger partial charge >= 0.3 is 0 Å². The van der Waals surface area contributed by atoms with Crippen molar-refractivity contribution in [1.29, 1.82) is 0 Å². The number of nitrogens with zero attached hydrogens (tertiary/aromatic N) is 3. The van der Waals surface area contributed by atoms with Gasteiger partial charge in [0.05, 0.1) is 0 Å². The predicted molar refractivity (Wildman–Crippen MR) is 67.5 cm³/mol. The first kappa shape index (κ1) is 11.8. The van der Waals surface area contributed by atoms with Crippen LogP contribution in [0, 0.1) is 0 Å². The molecule has 0 atom stereocenters. The van der Waals surface area contributed by atoms with Crippen molar-refractivity contribution >= 4 is 0 Å². The molecule has 0 unspecified atom stereocenters. The van der Waals surface area contributed by atoms with Gasteiger partial charge in [0.15, 0.2) is 0 Å². The fourth-order valence-corrected chi connectivity index (χ4v) is 1.96. The number of aromatic amines is 1. The molecule has 4 heteroatoms. The summed E-state index contributed by atoms with van der Waals surface area (Å²) in [6, 6.07) is 8.45. The fraction of sp³-hybridized carbons (Fsp3) is 0.462. The van der Waals surface area contributed by atoms with Crippen LogP contribution in [0.1, 0.15) is 39.2 Å². The molecule has 0 aliphatic heterocycles. The van der Waals surface area contributed by atoms with Crippen LogP contribution in [0.4, 0.5) is 0 Å². The molecule has 0 fully saturated rings. The summed E-state index contributed by atoms with van der Waals surface area (Å²) in [5.41, 5.74) is 2.63. The lowest BCUT2D eigenvalue weighted by molar-refractivity contribution is 0.439. The Labute approximate surface area is 101 Å². The summed E-state index contributed by atoms with van der Waals surface area (Å²) < 4.78 is 0. The molecule has 0 aliphatic carbocycles. The van der Waals surface area contributed by atoms with Crippen LogP contribution >= 0.6 is 0 Å². The first-order valence-corrected chi connectivity index (χ1v) is 6.04. The van der Waals surface area contributed by atoms with Crippen LogP contribution < -0.4 is 0 Å². The molecule has 2 aromatic rings. The molecule has 0 aliphatic rings. The van der Waals surface area contributed by atoms with Crippen molar-refractivity contribution < 1.29 is 0 Å². The van der Waals surface area contributed by atoms with Crippen molar-refractivity contribution in [3.8, 4) is 11.4 Å². The van der Waals surface area contributed by atoms with Gasteiger partial charge in [0.2, 0.25) is 5.82 Å². The maximum Gasteiger partial charge on any atom is 0.204 e. The lowest BCUT2D eigenvalue weighted by atomic mass is 9.78. The highest BCUT2D eigenvalue weighted by atomic mass is 15.5. The van der Waals surface area contributed by atoms with Crippen LogP contribution in [0.15, 0.2) is 24.3 Å². The number of rotatable bonds is 4. The Bertz CT molecular complexity index is 455. The van der Waals surface area contributed by atoms with Gasteiger partial charge < -0.3 is 0 Å². The number of hydrogen-bond acceptors (Lipinski definition) is 3. The van der Waals surface area contributed by atoms with Gasteiger partial charge in [-0.05, 0) is 29.0 Å². The molecule has 1 N–H and O–H groups in total. The van der Waals surface area contributed by atoms with E-state index in [0.717, 1.165) is 18.4 Å². The van der Waals surface area contributed by atoms with Crippen molar-refractivity contribution in [3.63, 3.8) is 0 Å². The maximum absolute atomic E-state index is 3.97. The average molecular weight is 230 g/mol. The van der Waals surface area contributed by atoms with E-state index in [1.807, 2.05) is 0 Å². The molecule has 0 saturated heterocycles. The lowest BCUT2D eigenvalue weighted by Gasteiger charge is -2.27. The second-order valence-corrected chi connectivity index (χ2v) is 4.58. The Hall–Kier alpha value is -1.71. The second kappa shape index (κ2) is 4.65. The molecule has 0 amide bonds. The largest absolute Gasteiger partial charge is 0.204 e. The summed E-state index contributed by atoms with van der Waals surface area (Å²) >= 11 is 0. The molecule has 90 valence electrons. The molecule has 0 saturated carbocycles. The SMILES string of the molecule is CCC(C)(CC)c1ccc(-c2nn[nH]n2)cc1. The van der Waals surface area contributed by atoms with Crippen molar-refractivity contribution in [1.82, 2.24) is 20.6 Å². The summed E-state index contributed by atoms with van der Waals surface area (Å²) in [6.07, 6.45) is 2.29. The number of nitrogens with one attached hydrogen (secondary N) is 1. The van der Waals surface area contributed by atoms with Gasteiger partial charge in [0.25, 0.3) is 0 Å². The van der Waals surface area contributed by atoms with Crippen molar-refractivity contribution in [2.24, 2.45) is 0 Å². The molecule has 0 spiro atoms. The van der Waals surface area contributed by atoms with E-state index >= 15 is 0 Å². The highest BCUT2D eigenvalue weighted by Crippen LogP contribution is 2.31. The molecule has 4 nitrogen and oxygen atoms in total. The lowest BCUT2D eigenvalue weighted by Crippen LogP contribution is -2.19. The average Bonchev–Trinajstić information content (AvgIpc) is 2.92. The minimum Gasteiger partial charge on any atom is -0.177 e. The van der Waals surface area contributed by atoms with Gasteiger partial charge in [-0.1, -0.05) is 45.0 Å². The van der Waals surface area contributed by atoms with E-state index in [1.54, 1.807) is 0 Å². The van der Waals surface area contributed by atoms with Crippen LogP contribution in [0.5, 0.6) is 0 Å². The monoisotopic (exact) mass is 230 g/mol. The number of H-pyrrole nitrogens is 1. The number of benzene rings is 1. The van der Waals surface area contributed by atoms with Gasteiger partial charge in [-0.15, -0.1) is 10.2 Å². The van der Waals surface area contributed by atoms with Crippen LogP contribution in [0.3, 0.4) is 0 Å². The smallest absolute Gasteiger partial charge is 0.177 e. The number of aromatic nitrogens is 4. The molecule has 1 heterocycles. The van der Waals surface area contributed by atoms with Crippen LogP contribution in [-0.4, -0.2) is 20.6 Å². The van der Waals surface area contributed by atoms with E-state index < -0.39 is 0 Å². The molecule has 1 aromatic heterocycles. The Morgan fingerprint density at radius 1 is 1.12 bits per heavy atom. The summed E-state index contributed by atoms with van der Waals surface area (Å²) in [7, 11) is 0. The van der Waals surface area contributed by atoms with E-state index in [0.29, 0.717) is 5.82 Å². The van der Waals surface area contributed by atoms with Gasteiger partial charge in [-0.2, -0.15) is 5.21 Å². The third-order valence-corrected chi connectivity index (χ3v) is 3.75. The van der Waals surface area contributed by atoms with Gasteiger partial charge in [-0.3, -0.25) is 0 Å². The van der Waals surface area contributed by atoms with Gasteiger partial charge in [0, 0.05) is 5.56 Å². The molecule has 1 aromatic carbocycles. The van der Waals surface area contributed by atoms with Crippen molar-refractivity contribution in [2.75, 3.05) is 0 Å². The Balaban J connectivity index is 2.30. The number of tetrazole rings is 1. The predicted octanol–water partition coefficient (Wildman–Crippen LogP) is 2.94. The third-order valence-electron chi connectivity index (χ3n) is 3.75. The molecule has 2 rings (SSSR count). The first-order valence-electron chi connectivity index (χ1n) is 6.04. The summed E-state index contributed by atoms with van der Waals surface area (Å²) in [5.74, 6) is 0.645. The van der Waals surface area contributed by atoms with Gasteiger partial charge in [0.1, 0.15) is 0 Å². The Kier molecular flexibility index (Phi) is 3.22. The molecular weight excluding hydrogens is 212 g/mol. The number of hydrogen-bond donors (Lipinski definition) is 1. The zero-order valence-corrected chi connectivity index (χ0v) is 10.6. The molecule has 17 heavy (non-hydrogen) atoms. The van der Waals surface area contributed by atoms with Crippen LogP contribution in [0.25, 0.3) is 11.4 Å². The highest BCUT2D eigenvalue weighted by Gasteiger charge is 2.21. The fourth-order valence-electron chi connectivity index (χ4n) is 1.96. The van der Waals surface area contributed by atoms with E-state index in [9.17, 15) is 0 Å². The van der Waals surface area contributed by atoms with Crippen molar-refractivity contribution in [3.05, 3.63) is 29.8 Å². The van der Waals surface area contributed by atoms with E-state index in [-0.39, 0.29) is 5.41 Å². The molecule has 0 bridgehead atoms. The van der Waals surface area contributed by atoms with Gasteiger partial charge in [-0.25, -0.2) is 0 Å². The van der Waals surface area contributed by atoms with E-state index in [4.69, 9.17) is 0 Å². The molecule has 0 radical (unpaired) electrons. The maximum atomic E-state index is 3.97. The topological polar surface area (TPSA) is 54.5 Å². The van der Waals surface area contributed by atoms with Crippen LogP contribution in [-0.2, 0) is 5.41 Å². The summed E-state index contributed by atoms with van der Waals surface area (Å²) in [5, 5.41) is 14.0. The summed E-state index contributed by atoms with van der Waals surface area (Å²) in [6.45, 7) is 6.77. The normalized spacial score (nSPS) is 11.7. The van der Waals surface area contributed by atoms with Crippen LogP contribution in [0.2, 0.25) is 0 Å². The standard InChI is InChI=1S/C13H18N4/c1-4-13(3,5-2)11-8-6-10(7-9-11)12-14-16-17-15-12/h6-9H,4-5H2,1-3H3,(H,14,15,16,17). The zero-order valence-electron chi connectivity index (χ0n) is 10.6. The quantitative estimate of drug-likeness (QED) is 0.878. The minimum atomic E-state index is 0.260. The van der Waals surface area contributed by atoms with Crippen molar-refractivity contribution in [2.45, 2.75) is 39.0 Å². The first-order chi connectivity index (χ1) is 8.19. The van der Waals surface area contributed by atoms with E-state index in [1.165, 1.54) is 5.56 Å². The summed E-state index contributed by atoms with van der Waals surface area (Å²) in [4.78, 5) is 0. The molecular formula is C13H18N4. The third kappa shape index (κ3) is 2.20. The highest BCUT2D eigenvalue weighted by molar-refractivity contribution is 5.54. The zero-order chi connectivity index (χ0) is 12.3. The van der Waals surface area contributed by atoms with E-state index in [2.05, 4.69) is 65.7 Å². The second-order valence-electron chi connectivity index (χ2n) is 4.58.